The lowest BCUT2D eigenvalue weighted by molar-refractivity contribution is -0.120. The van der Waals surface area contributed by atoms with Gasteiger partial charge in [0.2, 0.25) is 5.91 Å². The second-order valence-electron chi connectivity index (χ2n) is 6.44. The van der Waals surface area contributed by atoms with Crippen molar-refractivity contribution < 1.29 is 4.79 Å². The minimum absolute atomic E-state index is 0.0692. The van der Waals surface area contributed by atoms with Crippen molar-refractivity contribution in [3.05, 3.63) is 44.2 Å². The molecule has 3 N–H and O–H groups in total. The third kappa shape index (κ3) is 3.81. The number of carbonyl (C=O) groups excluding carboxylic acids is 1. The Labute approximate surface area is 144 Å². The zero-order chi connectivity index (χ0) is 18.0. The summed E-state index contributed by atoms with van der Waals surface area (Å²) in [7, 11) is 1.62. The molecule has 0 spiro atoms. The molecule has 0 aliphatic carbocycles. The van der Waals surface area contributed by atoms with E-state index < -0.39 is 0 Å². The standard InChI is InChI=1S/C16H22N6O3/c1-10-13(16(25)20-19-10)6-14(23)17-7-11-3-4-22(9-11)12-5-15(24)21(2)18-8-12/h5,8,11H,3-4,6-7,9H2,1-2H3,(H,17,23)(H2,19,20,25). The van der Waals surface area contributed by atoms with Crippen LogP contribution in [0.5, 0.6) is 0 Å². The first-order chi connectivity index (χ1) is 11.9. The van der Waals surface area contributed by atoms with Gasteiger partial charge in [-0.05, 0) is 19.3 Å². The van der Waals surface area contributed by atoms with Crippen molar-refractivity contribution in [1.82, 2.24) is 25.3 Å². The van der Waals surface area contributed by atoms with Crippen molar-refractivity contribution >= 4 is 11.6 Å². The number of H-pyrrole nitrogens is 2. The van der Waals surface area contributed by atoms with Gasteiger partial charge in [0.1, 0.15) is 0 Å². The number of carbonyl (C=O) groups is 1. The van der Waals surface area contributed by atoms with Crippen LogP contribution in [0.3, 0.4) is 0 Å². The maximum atomic E-state index is 12.1. The second kappa shape index (κ2) is 6.96. The van der Waals surface area contributed by atoms with Gasteiger partial charge < -0.3 is 15.3 Å². The van der Waals surface area contributed by atoms with Crippen LogP contribution in [0.25, 0.3) is 0 Å². The average molecular weight is 346 g/mol. The molecule has 1 amide bonds. The minimum Gasteiger partial charge on any atom is -0.370 e. The van der Waals surface area contributed by atoms with Crippen molar-refractivity contribution in [1.29, 1.82) is 0 Å². The molecule has 3 heterocycles. The summed E-state index contributed by atoms with van der Waals surface area (Å²) in [4.78, 5) is 37.4. The van der Waals surface area contributed by atoms with Gasteiger partial charge >= 0.3 is 0 Å². The van der Waals surface area contributed by atoms with Crippen LogP contribution in [-0.2, 0) is 18.3 Å². The topological polar surface area (TPSA) is 116 Å². The van der Waals surface area contributed by atoms with E-state index in [9.17, 15) is 14.4 Å². The van der Waals surface area contributed by atoms with E-state index in [1.54, 1.807) is 26.2 Å². The Hall–Kier alpha value is -2.84. The monoisotopic (exact) mass is 346 g/mol. The zero-order valence-electron chi connectivity index (χ0n) is 14.3. The molecule has 1 aliphatic rings. The quantitative estimate of drug-likeness (QED) is 0.661. The number of nitrogens with one attached hydrogen (secondary N) is 3. The molecule has 134 valence electrons. The highest BCUT2D eigenvalue weighted by Crippen LogP contribution is 2.21. The number of hydrogen-bond donors (Lipinski definition) is 3. The highest BCUT2D eigenvalue weighted by Gasteiger charge is 2.24. The van der Waals surface area contributed by atoms with Gasteiger partial charge in [0.25, 0.3) is 11.1 Å². The molecule has 9 nitrogen and oxygen atoms in total. The summed E-state index contributed by atoms with van der Waals surface area (Å²) < 4.78 is 1.29. The Kier molecular flexibility index (Phi) is 4.73. The zero-order valence-corrected chi connectivity index (χ0v) is 14.3. The van der Waals surface area contributed by atoms with Crippen LogP contribution in [0.4, 0.5) is 5.69 Å². The molecule has 1 aliphatic heterocycles. The van der Waals surface area contributed by atoms with Crippen LogP contribution < -0.4 is 21.3 Å². The summed E-state index contributed by atoms with van der Waals surface area (Å²) >= 11 is 0. The van der Waals surface area contributed by atoms with E-state index in [1.165, 1.54) is 4.68 Å². The summed E-state index contributed by atoms with van der Waals surface area (Å²) in [6.07, 6.45) is 2.68. The van der Waals surface area contributed by atoms with Crippen molar-refractivity contribution in [2.45, 2.75) is 19.8 Å². The molecule has 9 heteroatoms. The largest absolute Gasteiger partial charge is 0.370 e. The van der Waals surface area contributed by atoms with E-state index >= 15 is 0 Å². The number of nitrogens with zero attached hydrogens (tertiary/aromatic N) is 3. The lowest BCUT2D eigenvalue weighted by Gasteiger charge is -2.18. The molecule has 3 rings (SSSR count). The Bertz CT molecular complexity index is 880. The van der Waals surface area contributed by atoms with Gasteiger partial charge in [-0.15, -0.1) is 0 Å². The maximum Gasteiger partial charge on any atom is 0.268 e. The van der Waals surface area contributed by atoms with Gasteiger partial charge in [0.05, 0.1) is 18.3 Å². The van der Waals surface area contributed by atoms with Crippen LogP contribution in [-0.4, -0.2) is 45.5 Å². The number of aromatic amines is 2. The second-order valence-corrected chi connectivity index (χ2v) is 6.44. The minimum atomic E-state index is -0.252. The number of aryl methyl sites for hydroxylation is 2. The molecule has 1 fully saturated rings. The first kappa shape index (κ1) is 17.0. The molecule has 1 saturated heterocycles. The number of aromatic nitrogens is 4. The predicted octanol–water partition coefficient (Wildman–Crippen LogP) is -0.710. The third-order valence-electron chi connectivity index (χ3n) is 4.62. The summed E-state index contributed by atoms with van der Waals surface area (Å²) in [6, 6.07) is 1.58. The van der Waals surface area contributed by atoms with E-state index in [2.05, 4.69) is 25.5 Å². The van der Waals surface area contributed by atoms with Crippen molar-refractivity contribution in [3.8, 4) is 0 Å². The normalized spacial score (nSPS) is 17.0. The lowest BCUT2D eigenvalue weighted by Crippen LogP contribution is -2.33. The van der Waals surface area contributed by atoms with Crippen molar-refractivity contribution in [3.63, 3.8) is 0 Å². The number of hydrogen-bond acceptors (Lipinski definition) is 5. The highest BCUT2D eigenvalue weighted by molar-refractivity contribution is 5.78. The predicted molar refractivity (Wildman–Crippen MR) is 92.7 cm³/mol. The van der Waals surface area contributed by atoms with Crippen LogP contribution in [0.2, 0.25) is 0 Å². The fraction of sp³-hybridized carbons (Fsp3) is 0.500. The highest BCUT2D eigenvalue weighted by atomic mass is 16.2. The van der Waals surface area contributed by atoms with E-state index in [0.29, 0.717) is 23.7 Å². The molecule has 2 aromatic rings. The third-order valence-corrected chi connectivity index (χ3v) is 4.62. The number of anilines is 1. The average Bonchev–Trinajstić information content (AvgIpc) is 3.18. The molecule has 25 heavy (non-hydrogen) atoms. The van der Waals surface area contributed by atoms with Gasteiger partial charge in [-0.25, -0.2) is 4.68 Å². The fourth-order valence-electron chi connectivity index (χ4n) is 3.03. The van der Waals surface area contributed by atoms with Crippen molar-refractivity contribution in [2.75, 3.05) is 24.5 Å². The molecule has 0 saturated carbocycles. The molecule has 0 aromatic carbocycles. The SMILES string of the molecule is Cc1[nH][nH]c(=O)c1CC(=O)NCC1CCN(c2cnn(C)c(=O)c2)C1. The number of amides is 1. The Morgan fingerprint density at radius 2 is 2.20 bits per heavy atom. The van der Waals surface area contributed by atoms with Crippen LogP contribution in [0.15, 0.2) is 21.9 Å². The van der Waals surface area contributed by atoms with E-state index in [-0.39, 0.29) is 23.4 Å². The van der Waals surface area contributed by atoms with Gasteiger partial charge in [-0.2, -0.15) is 5.10 Å². The van der Waals surface area contributed by atoms with E-state index in [1.807, 2.05) is 0 Å². The summed E-state index contributed by atoms with van der Waals surface area (Å²) in [5.74, 6) is 0.139. The Morgan fingerprint density at radius 1 is 1.40 bits per heavy atom. The van der Waals surface area contributed by atoms with E-state index in [0.717, 1.165) is 25.2 Å². The molecule has 0 radical (unpaired) electrons. The van der Waals surface area contributed by atoms with Crippen LogP contribution >= 0.6 is 0 Å². The Morgan fingerprint density at radius 3 is 2.88 bits per heavy atom. The molecule has 0 bridgehead atoms. The summed E-state index contributed by atoms with van der Waals surface area (Å²) in [6.45, 7) is 3.90. The van der Waals surface area contributed by atoms with Gasteiger partial charge in [0.15, 0.2) is 0 Å². The number of rotatable bonds is 5. The molecule has 1 unspecified atom stereocenters. The van der Waals surface area contributed by atoms with E-state index in [4.69, 9.17) is 0 Å². The molecular formula is C16H22N6O3. The van der Waals surface area contributed by atoms with Crippen LogP contribution in [0.1, 0.15) is 17.7 Å². The Balaban J connectivity index is 1.51. The van der Waals surface area contributed by atoms with Gasteiger partial charge in [-0.3, -0.25) is 19.5 Å². The fourth-order valence-corrected chi connectivity index (χ4v) is 3.03. The first-order valence-electron chi connectivity index (χ1n) is 8.25. The van der Waals surface area contributed by atoms with Gasteiger partial charge in [-0.1, -0.05) is 0 Å². The van der Waals surface area contributed by atoms with Crippen molar-refractivity contribution in [2.24, 2.45) is 13.0 Å². The molecule has 2 aromatic heterocycles. The molecular weight excluding hydrogens is 324 g/mol. The van der Waals surface area contributed by atoms with Gasteiger partial charge in [0, 0.05) is 44.0 Å². The molecule has 1 atom stereocenters. The first-order valence-corrected chi connectivity index (χ1v) is 8.25. The van der Waals surface area contributed by atoms with Crippen LogP contribution in [0, 0.1) is 12.8 Å². The summed E-state index contributed by atoms with van der Waals surface area (Å²) in [5, 5.41) is 12.1. The smallest absolute Gasteiger partial charge is 0.268 e. The summed E-state index contributed by atoms with van der Waals surface area (Å²) in [5.41, 5.74) is 1.58. The maximum absolute atomic E-state index is 12.1. The lowest BCUT2D eigenvalue weighted by atomic mass is 10.1.